The van der Waals surface area contributed by atoms with Gasteiger partial charge in [-0.15, -0.1) is 0 Å². The number of carboxylic acids is 1. The molecule has 1 unspecified atom stereocenters. The van der Waals surface area contributed by atoms with Crippen LogP contribution in [-0.2, 0) is 14.4 Å². The van der Waals surface area contributed by atoms with Gasteiger partial charge in [0, 0.05) is 13.6 Å². The summed E-state index contributed by atoms with van der Waals surface area (Å²) in [5.74, 6) is -3.54. The Morgan fingerprint density at radius 3 is 2.48 bits per heavy atom. The molecular weight excluding hydrogens is 327 g/mol. The number of para-hydroxylation sites is 1. The van der Waals surface area contributed by atoms with Crippen molar-refractivity contribution in [2.24, 2.45) is 17.3 Å². The Morgan fingerprint density at radius 1 is 1.28 bits per heavy atom. The maximum atomic E-state index is 13.9. The molecule has 1 saturated carbocycles. The first-order valence-corrected chi connectivity index (χ1v) is 8.23. The molecule has 2 aliphatic rings. The van der Waals surface area contributed by atoms with Gasteiger partial charge in [0.1, 0.15) is 11.9 Å². The number of nitrogens with zero attached hydrogens (tertiary/aromatic N) is 2. The van der Waals surface area contributed by atoms with Gasteiger partial charge in [0.05, 0.1) is 17.5 Å². The van der Waals surface area contributed by atoms with Crippen LogP contribution in [-0.4, -0.2) is 47.4 Å². The van der Waals surface area contributed by atoms with Crippen LogP contribution in [0.15, 0.2) is 24.3 Å². The molecule has 0 bridgehead atoms. The predicted molar refractivity (Wildman–Crippen MR) is 88.3 cm³/mol. The van der Waals surface area contributed by atoms with Crippen LogP contribution in [0.4, 0.5) is 10.1 Å². The average Bonchev–Trinajstić information content (AvgIpc) is 2.93. The highest BCUT2D eigenvalue weighted by atomic mass is 19.1. The zero-order valence-corrected chi connectivity index (χ0v) is 14.4. The van der Waals surface area contributed by atoms with E-state index in [-0.39, 0.29) is 17.5 Å². The number of likely N-dealkylation sites (N-methyl/N-ethyl adjacent to an activating group) is 1. The molecule has 2 amide bonds. The molecule has 0 aromatic heterocycles. The lowest BCUT2D eigenvalue weighted by molar-refractivity contribution is -0.143. The summed E-state index contributed by atoms with van der Waals surface area (Å²) in [4.78, 5) is 39.3. The van der Waals surface area contributed by atoms with E-state index in [9.17, 15) is 23.9 Å². The molecule has 25 heavy (non-hydrogen) atoms. The van der Waals surface area contributed by atoms with Crippen molar-refractivity contribution in [3.05, 3.63) is 30.1 Å². The third-order valence-electron chi connectivity index (χ3n) is 5.50. The van der Waals surface area contributed by atoms with E-state index in [1.54, 1.807) is 26.0 Å². The fourth-order valence-corrected chi connectivity index (χ4v) is 3.87. The molecule has 1 saturated heterocycles. The average molecular weight is 348 g/mol. The van der Waals surface area contributed by atoms with Gasteiger partial charge < -0.3 is 14.9 Å². The summed E-state index contributed by atoms with van der Waals surface area (Å²) in [5.41, 5.74) is -0.421. The predicted octanol–water partition coefficient (Wildman–Crippen LogP) is 1.75. The molecule has 0 radical (unpaired) electrons. The molecule has 1 aromatic carbocycles. The van der Waals surface area contributed by atoms with E-state index in [4.69, 9.17) is 0 Å². The lowest BCUT2D eigenvalue weighted by atomic mass is 10.1. The largest absolute Gasteiger partial charge is 0.481 e. The van der Waals surface area contributed by atoms with E-state index in [1.807, 2.05) is 0 Å². The van der Waals surface area contributed by atoms with Gasteiger partial charge in [-0.25, -0.2) is 4.39 Å². The Balaban J connectivity index is 1.75. The number of benzene rings is 1. The number of aliphatic carboxylic acids is 1. The molecule has 2 fully saturated rings. The van der Waals surface area contributed by atoms with E-state index in [1.165, 1.54) is 29.0 Å². The van der Waals surface area contributed by atoms with Gasteiger partial charge in [-0.3, -0.25) is 14.4 Å². The van der Waals surface area contributed by atoms with E-state index in [0.717, 1.165) is 0 Å². The van der Waals surface area contributed by atoms with Crippen molar-refractivity contribution >= 4 is 23.5 Å². The fourth-order valence-electron chi connectivity index (χ4n) is 3.87. The zero-order chi connectivity index (χ0) is 18.5. The lowest BCUT2D eigenvalue weighted by Crippen LogP contribution is -2.44. The fraction of sp³-hybridized carbons (Fsp3) is 0.500. The van der Waals surface area contributed by atoms with Crippen molar-refractivity contribution < 1.29 is 23.9 Å². The molecule has 1 aliphatic carbocycles. The molecule has 1 heterocycles. The molecule has 1 aliphatic heterocycles. The van der Waals surface area contributed by atoms with Crippen molar-refractivity contribution in [3.8, 4) is 0 Å². The van der Waals surface area contributed by atoms with Crippen LogP contribution in [0.3, 0.4) is 0 Å². The Hall–Kier alpha value is -2.44. The number of carboxylic acid groups (broad SMARTS) is 1. The lowest BCUT2D eigenvalue weighted by Gasteiger charge is -2.25. The second-order valence-electron chi connectivity index (χ2n) is 7.31. The monoisotopic (exact) mass is 348 g/mol. The summed E-state index contributed by atoms with van der Waals surface area (Å²) in [7, 11) is 1.52. The standard InChI is InChI=1S/C18H21FN2O4/c1-18(2)13(14(18)17(24)25)16(23)20(3)12-8-9-21(15(12)22)11-7-5-4-6-10(11)19/h4-7,12-14H,8-9H2,1-3H3,(H,24,25)/t12?,13-,14+/m0/s1. The number of carbonyl (C=O) groups is 3. The molecule has 3 atom stereocenters. The molecule has 0 spiro atoms. The van der Waals surface area contributed by atoms with Crippen molar-refractivity contribution in [1.82, 2.24) is 4.90 Å². The molecule has 3 rings (SSSR count). The van der Waals surface area contributed by atoms with Crippen LogP contribution < -0.4 is 4.90 Å². The van der Waals surface area contributed by atoms with Crippen LogP contribution in [0.2, 0.25) is 0 Å². The first-order chi connectivity index (χ1) is 11.7. The summed E-state index contributed by atoms with van der Waals surface area (Å²) in [6.07, 6.45) is 0.389. The molecule has 7 heteroatoms. The number of rotatable bonds is 4. The number of hydrogen-bond donors (Lipinski definition) is 1. The van der Waals surface area contributed by atoms with Crippen molar-refractivity contribution in [2.45, 2.75) is 26.3 Å². The Morgan fingerprint density at radius 2 is 1.92 bits per heavy atom. The van der Waals surface area contributed by atoms with Crippen LogP contribution in [0.25, 0.3) is 0 Å². The maximum absolute atomic E-state index is 13.9. The summed E-state index contributed by atoms with van der Waals surface area (Å²) >= 11 is 0. The van der Waals surface area contributed by atoms with E-state index < -0.39 is 35.1 Å². The van der Waals surface area contributed by atoms with Gasteiger partial charge in [-0.05, 0) is 24.0 Å². The molecule has 1 aromatic rings. The summed E-state index contributed by atoms with van der Waals surface area (Å²) in [6, 6.07) is 5.32. The van der Waals surface area contributed by atoms with Crippen LogP contribution in [0.1, 0.15) is 20.3 Å². The highest BCUT2D eigenvalue weighted by Gasteiger charge is 2.67. The van der Waals surface area contributed by atoms with E-state index in [2.05, 4.69) is 0 Å². The Labute approximate surface area is 145 Å². The van der Waals surface area contributed by atoms with Crippen LogP contribution >= 0.6 is 0 Å². The van der Waals surface area contributed by atoms with Gasteiger partial charge in [-0.2, -0.15) is 0 Å². The summed E-state index contributed by atoms with van der Waals surface area (Å²) in [6.45, 7) is 3.80. The topological polar surface area (TPSA) is 77.9 Å². The third kappa shape index (κ3) is 2.67. The number of halogens is 1. The number of carbonyl (C=O) groups excluding carboxylic acids is 2. The first kappa shape index (κ1) is 17.4. The van der Waals surface area contributed by atoms with Gasteiger partial charge in [0.15, 0.2) is 0 Å². The van der Waals surface area contributed by atoms with Crippen LogP contribution in [0.5, 0.6) is 0 Å². The van der Waals surface area contributed by atoms with Crippen LogP contribution in [0, 0.1) is 23.1 Å². The first-order valence-electron chi connectivity index (χ1n) is 8.23. The molecular formula is C18H21FN2O4. The quantitative estimate of drug-likeness (QED) is 0.899. The Bertz CT molecular complexity index is 748. The molecule has 6 nitrogen and oxygen atoms in total. The van der Waals surface area contributed by atoms with Gasteiger partial charge in [-0.1, -0.05) is 26.0 Å². The molecule has 134 valence electrons. The van der Waals surface area contributed by atoms with Gasteiger partial charge >= 0.3 is 5.97 Å². The van der Waals surface area contributed by atoms with Crippen molar-refractivity contribution in [3.63, 3.8) is 0 Å². The summed E-state index contributed by atoms with van der Waals surface area (Å²) < 4.78 is 13.9. The maximum Gasteiger partial charge on any atom is 0.307 e. The van der Waals surface area contributed by atoms with E-state index >= 15 is 0 Å². The Kier molecular flexibility index (Phi) is 4.05. The minimum Gasteiger partial charge on any atom is -0.481 e. The highest BCUT2D eigenvalue weighted by molar-refractivity contribution is 6.02. The smallest absolute Gasteiger partial charge is 0.307 e. The zero-order valence-electron chi connectivity index (χ0n) is 14.4. The second kappa shape index (κ2) is 5.82. The van der Waals surface area contributed by atoms with Crippen molar-refractivity contribution in [2.75, 3.05) is 18.5 Å². The minimum absolute atomic E-state index is 0.200. The van der Waals surface area contributed by atoms with Gasteiger partial charge in [0.25, 0.3) is 0 Å². The SMILES string of the molecule is CN(C(=O)[C@@H]1[C@H](C(=O)O)C1(C)C)C1CCN(c2ccccc2F)C1=O. The number of anilines is 1. The highest BCUT2D eigenvalue weighted by Crippen LogP contribution is 2.59. The number of hydrogen-bond acceptors (Lipinski definition) is 3. The van der Waals surface area contributed by atoms with Crippen molar-refractivity contribution in [1.29, 1.82) is 0 Å². The normalized spacial score (nSPS) is 27.3. The van der Waals surface area contributed by atoms with E-state index in [0.29, 0.717) is 13.0 Å². The van der Waals surface area contributed by atoms with Gasteiger partial charge in [0.2, 0.25) is 11.8 Å². The molecule has 1 N–H and O–H groups in total. The minimum atomic E-state index is -0.998. The number of amides is 2. The summed E-state index contributed by atoms with van der Waals surface area (Å²) in [5, 5.41) is 9.24. The third-order valence-corrected chi connectivity index (χ3v) is 5.50. The second-order valence-corrected chi connectivity index (χ2v) is 7.31.